The van der Waals surface area contributed by atoms with Crippen molar-refractivity contribution in [3.8, 4) is 0 Å². The number of hydrogen-bond acceptors (Lipinski definition) is 5. The summed E-state index contributed by atoms with van der Waals surface area (Å²) in [5, 5.41) is 6.80. The van der Waals surface area contributed by atoms with Crippen LogP contribution in [-0.4, -0.2) is 47.7 Å². The number of aliphatic imine (C=N–C) groups is 1. The number of aryl methyl sites for hydroxylation is 2. The lowest BCUT2D eigenvalue weighted by Gasteiger charge is -2.37. The van der Waals surface area contributed by atoms with Crippen LogP contribution in [0.4, 0.5) is 0 Å². The molecule has 0 bridgehead atoms. The molecule has 0 radical (unpaired) electrons. The second-order valence-electron chi connectivity index (χ2n) is 6.03. The van der Waals surface area contributed by atoms with Crippen LogP contribution in [0.15, 0.2) is 9.41 Å². The van der Waals surface area contributed by atoms with E-state index in [9.17, 15) is 0 Å². The van der Waals surface area contributed by atoms with Crippen LogP contribution < -0.4 is 10.6 Å². The summed E-state index contributed by atoms with van der Waals surface area (Å²) in [6, 6.07) is 0. The number of nitrogens with zero attached hydrogens (tertiary/aromatic N) is 2. The van der Waals surface area contributed by atoms with E-state index in [1.165, 1.54) is 0 Å². The summed E-state index contributed by atoms with van der Waals surface area (Å²) in [4.78, 5) is 9.00. The first-order valence-electron chi connectivity index (χ1n) is 8.75. The molecule has 1 aromatic rings. The van der Waals surface area contributed by atoms with Crippen LogP contribution in [-0.2, 0) is 11.3 Å². The van der Waals surface area contributed by atoms with Gasteiger partial charge in [0.15, 0.2) is 5.96 Å². The minimum Gasteiger partial charge on any atom is -0.444 e. The van der Waals surface area contributed by atoms with Gasteiger partial charge in [-0.25, -0.2) is 9.98 Å². The van der Waals surface area contributed by atoms with E-state index in [0.29, 0.717) is 12.4 Å². The molecule has 6 nitrogen and oxygen atoms in total. The smallest absolute Gasteiger partial charge is 0.216 e. The largest absolute Gasteiger partial charge is 0.444 e. The third kappa shape index (κ3) is 5.41. The minimum absolute atomic E-state index is 0.235. The Morgan fingerprint density at radius 2 is 2.00 bits per heavy atom. The molecule has 0 saturated carbocycles. The number of thioether (sulfide) groups is 1. The van der Waals surface area contributed by atoms with Gasteiger partial charge in [-0.15, -0.1) is 0 Å². The van der Waals surface area contributed by atoms with Crippen molar-refractivity contribution in [3.63, 3.8) is 0 Å². The first-order chi connectivity index (χ1) is 11.6. The Kier molecular flexibility index (Phi) is 7.42. The van der Waals surface area contributed by atoms with E-state index in [2.05, 4.69) is 34.5 Å². The normalized spacial score (nSPS) is 17.8. The number of aromatic nitrogens is 1. The van der Waals surface area contributed by atoms with Gasteiger partial charge in [0, 0.05) is 31.1 Å². The number of nitrogens with one attached hydrogen (secondary N) is 2. The molecule has 1 aliphatic heterocycles. The standard InChI is InChI=1S/C17H30N4O2S/c1-5-18-16(19-11-15-21-13(3)14(4)23-15)20-12-17(24-6-2)7-9-22-10-8-17/h5-12H2,1-4H3,(H2,18,19,20). The van der Waals surface area contributed by atoms with Crippen molar-refractivity contribution in [2.45, 2.75) is 51.8 Å². The Balaban J connectivity index is 1.97. The van der Waals surface area contributed by atoms with Crippen molar-refractivity contribution in [3.05, 3.63) is 17.3 Å². The Labute approximate surface area is 149 Å². The summed E-state index contributed by atoms with van der Waals surface area (Å²) in [7, 11) is 0. The summed E-state index contributed by atoms with van der Waals surface area (Å²) in [5.41, 5.74) is 0.929. The first-order valence-corrected chi connectivity index (χ1v) is 9.74. The van der Waals surface area contributed by atoms with Crippen LogP contribution >= 0.6 is 11.8 Å². The quantitative estimate of drug-likeness (QED) is 0.579. The van der Waals surface area contributed by atoms with E-state index in [4.69, 9.17) is 9.15 Å². The molecule has 0 amide bonds. The molecule has 0 atom stereocenters. The maximum absolute atomic E-state index is 5.60. The number of oxazole rings is 1. The van der Waals surface area contributed by atoms with Crippen LogP contribution in [0.2, 0.25) is 0 Å². The lowest BCUT2D eigenvalue weighted by molar-refractivity contribution is 0.0782. The zero-order valence-electron chi connectivity index (χ0n) is 15.3. The topological polar surface area (TPSA) is 71.7 Å². The molecule has 0 spiro atoms. The van der Waals surface area contributed by atoms with Gasteiger partial charge in [-0.1, -0.05) is 6.92 Å². The number of ether oxygens (including phenoxy) is 1. The Bertz CT molecular complexity index is 514. The van der Waals surface area contributed by atoms with Crippen molar-refractivity contribution in [2.24, 2.45) is 4.99 Å². The fraction of sp³-hybridized carbons (Fsp3) is 0.765. The van der Waals surface area contributed by atoms with Gasteiger partial charge in [-0.05, 0) is 39.4 Å². The average molecular weight is 355 g/mol. The molecule has 1 aromatic heterocycles. The summed E-state index contributed by atoms with van der Waals surface area (Å²) >= 11 is 2.02. The fourth-order valence-corrected chi connectivity index (χ4v) is 4.00. The third-order valence-electron chi connectivity index (χ3n) is 4.22. The fourth-order valence-electron chi connectivity index (χ4n) is 2.76. The van der Waals surface area contributed by atoms with Crippen LogP contribution in [0.5, 0.6) is 0 Å². The van der Waals surface area contributed by atoms with Gasteiger partial charge in [0.25, 0.3) is 0 Å². The maximum atomic E-state index is 5.60. The molecule has 136 valence electrons. The highest BCUT2D eigenvalue weighted by molar-refractivity contribution is 8.00. The molecular weight excluding hydrogens is 324 g/mol. The number of guanidine groups is 1. The van der Waals surface area contributed by atoms with Gasteiger partial charge in [-0.3, -0.25) is 0 Å². The minimum atomic E-state index is 0.235. The van der Waals surface area contributed by atoms with Crippen LogP contribution in [0.3, 0.4) is 0 Å². The van der Waals surface area contributed by atoms with Gasteiger partial charge in [0.05, 0.1) is 5.69 Å². The van der Waals surface area contributed by atoms with Crippen LogP contribution in [0.25, 0.3) is 0 Å². The van der Waals surface area contributed by atoms with Gasteiger partial charge in [0.1, 0.15) is 12.3 Å². The summed E-state index contributed by atoms with van der Waals surface area (Å²) in [5.74, 6) is 3.45. The van der Waals surface area contributed by atoms with Crippen LogP contribution in [0.1, 0.15) is 44.0 Å². The molecular formula is C17H30N4O2S. The molecule has 2 rings (SSSR count). The molecule has 0 aliphatic carbocycles. The predicted molar refractivity (Wildman–Crippen MR) is 99.7 cm³/mol. The summed E-state index contributed by atoms with van der Waals surface area (Å²) in [6.45, 7) is 12.0. The van der Waals surface area contributed by atoms with E-state index in [0.717, 1.165) is 62.3 Å². The van der Waals surface area contributed by atoms with E-state index in [1.54, 1.807) is 0 Å². The highest BCUT2D eigenvalue weighted by Gasteiger charge is 2.32. The van der Waals surface area contributed by atoms with Crippen molar-refractivity contribution < 1.29 is 9.15 Å². The third-order valence-corrected chi connectivity index (χ3v) is 5.68. The van der Waals surface area contributed by atoms with E-state index < -0.39 is 0 Å². The molecule has 2 heterocycles. The second-order valence-corrected chi connectivity index (χ2v) is 7.76. The number of hydrogen-bond donors (Lipinski definition) is 2. The van der Waals surface area contributed by atoms with Crippen molar-refractivity contribution in [1.82, 2.24) is 15.6 Å². The molecule has 24 heavy (non-hydrogen) atoms. The average Bonchev–Trinajstić information content (AvgIpc) is 2.90. The molecule has 1 aliphatic rings. The van der Waals surface area contributed by atoms with Crippen molar-refractivity contribution in [2.75, 3.05) is 32.1 Å². The summed E-state index contributed by atoms with van der Waals surface area (Å²) < 4.78 is 11.4. The van der Waals surface area contributed by atoms with E-state index in [1.807, 2.05) is 25.6 Å². The SMILES string of the molecule is CCNC(=NCc1nc(C)c(C)o1)NCC1(SCC)CCOCC1. The molecule has 0 unspecified atom stereocenters. The van der Waals surface area contributed by atoms with Crippen LogP contribution in [0, 0.1) is 13.8 Å². The predicted octanol–water partition coefficient (Wildman–Crippen LogP) is 2.65. The molecule has 7 heteroatoms. The zero-order valence-corrected chi connectivity index (χ0v) is 16.1. The molecule has 0 aromatic carbocycles. The highest BCUT2D eigenvalue weighted by atomic mass is 32.2. The second kappa shape index (κ2) is 9.32. The van der Waals surface area contributed by atoms with Gasteiger partial charge >= 0.3 is 0 Å². The molecule has 2 N–H and O–H groups in total. The van der Waals surface area contributed by atoms with Crippen molar-refractivity contribution in [1.29, 1.82) is 0 Å². The lowest BCUT2D eigenvalue weighted by atomic mass is 9.99. The van der Waals surface area contributed by atoms with Crippen molar-refractivity contribution >= 4 is 17.7 Å². The highest BCUT2D eigenvalue weighted by Crippen LogP contribution is 2.34. The van der Waals surface area contributed by atoms with E-state index >= 15 is 0 Å². The molecule has 1 saturated heterocycles. The van der Waals surface area contributed by atoms with Gasteiger partial charge in [0.2, 0.25) is 5.89 Å². The van der Waals surface area contributed by atoms with Gasteiger partial charge < -0.3 is 19.8 Å². The number of rotatable bonds is 7. The lowest BCUT2D eigenvalue weighted by Crippen LogP contribution is -2.48. The van der Waals surface area contributed by atoms with Gasteiger partial charge in [-0.2, -0.15) is 11.8 Å². The Morgan fingerprint density at radius 3 is 2.58 bits per heavy atom. The monoisotopic (exact) mass is 354 g/mol. The maximum Gasteiger partial charge on any atom is 0.216 e. The first kappa shape index (κ1) is 19.1. The van der Waals surface area contributed by atoms with E-state index in [-0.39, 0.29) is 4.75 Å². The zero-order chi connectivity index (χ0) is 17.4. The molecule has 1 fully saturated rings. The Morgan fingerprint density at radius 1 is 1.25 bits per heavy atom. The summed E-state index contributed by atoms with van der Waals surface area (Å²) in [6.07, 6.45) is 2.16. The Hall–Kier alpha value is -1.21.